The van der Waals surface area contributed by atoms with E-state index in [1.807, 2.05) is 19.1 Å². The number of aromatic nitrogens is 2. The third kappa shape index (κ3) is 6.34. The third-order valence-electron chi connectivity index (χ3n) is 5.60. The summed E-state index contributed by atoms with van der Waals surface area (Å²) in [6, 6.07) is 15.7. The van der Waals surface area contributed by atoms with Crippen molar-refractivity contribution in [1.29, 1.82) is 0 Å². The number of rotatable bonds is 9. The van der Waals surface area contributed by atoms with E-state index in [9.17, 15) is 9.59 Å². The summed E-state index contributed by atoms with van der Waals surface area (Å²) in [6.45, 7) is 10.1. The van der Waals surface area contributed by atoms with E-state index in [1.54, 1.807) is 12.1 Å². The quantitative estimate of drug-likeness (QED) is 0.520. The lowest BCUT2D eigenvalue weighted by atomic mass is 10.1. The van der Waals surface area contributed by atoms with Crippen molar-refractivity contribution in [1.82, 2.24) is 14.7 Å². The Labute approximate surface area is 200 Å². The Balaban J connectivity index is 2.08. The van der Waals surface area contributed by atoms with Crippen molar-refractivity contribution in [2.24, 2.45) is 0 Å². The van der Waals surface area contributed by atoms with Gasteiger partial charge < -0.3 is 0 Å². The predicted octanol–water partition coefficient (Wildman–Crippen LogP) is 3.97. The molecule has 0 atom stereocenters. The highest BCUT2D eigenvalue weighted by Gasteiger charge is 2.13. The van der Waals surface area contributed by atoms with Crippen LogP contribution in [0.4, 0.5) is 0 Å². The molecule has 0 aliphatic carbocycles. The monoisotopic (exact) mass is 465 g/mol. The molecule has 6 heteroatoms. The van der Waals surface area contributed by atoms with Crippen LogP contribution >= 0.6 is 11.6 Å². The van der Waals surface area contributed by atoms with Crippen LogP contribution in [0.2, 0.25) is 5.02 Å². The number of nitrogens with one attached hydrogen (secondary N) is 1. The van der Waals surface area contributed by atoms with Crippen molar-refractivity contribution in [2.45, 2.75) is 47.1 Å². The van der Waals surface area contributed by atoms with Crippen molar-refractivity contribution in [3.05, 3.63) is 85.6 Å². The summed E-state index contributed by atoms with van der Waals surface area (Å²) < 4.78 is 1.42. The van der Waals surface area contributed by atoms with Gasteiger partial charge in [0.25, 0.3) is 5.56 Å². The molecule has 0 fully saturated rings. The van der Waals surface area contributed by atoms with Gasteiger partial charge in [0.1, 0.15) is 0 Å². The maximum atomic E-state index is 13.5. The Bertz CT molecular complexity index is 1290. The Morgan fingerprint density at radius 1 is 1.12 bits per heavy atom. The number of hydrogen-bond donors (Lipinski definition) is 1. The molecule has 1 N–H and O–H groups in total. The van der Waals surface area contributed by atoms with Crippen molar-refractivity contribution in [2.75, 3.05) is 13.1 Å². The van der Waals surface area contributed by atoms with Gasteiger partial charge in [0.2, 0.25) is 0 Å². The van der Waals surface area contributed by atoms with Crippen LogP contribution in [0.25, 0.3) is 17.3 Å². The molecular formula is C27H32ClN3O2. The number of aryl methyl sites for hydroxylation is 1. The molecule has 0 bridgehead atoms. The molecule has 0 saturated carbocycles. The van der Waals surface area contributed by atoms with Crippen LogP contribution in [0.3, 0.4) is 0 Å². The fourth-order valence-electron chi connectivity index (χ4n) is 3.94. The van der Waals surface area contributed by atoms with Gasteiger partial charge >= 0.3 is 0 Å². The summed E-state index contributed by atoms with van der Waals surface area (Å²) >= 11 is 6.35. The van der Waals surface area contributed by atoms with Crippen molar-refractivity contribution < 1.29 is 4.79 Å². The Hall–Kier alpha value is -2.89. The Morgan fingerprint density at radius 2 is 1.82 bits per heavy atom. The van der Waals surface area contributed by atoms with E-state index in [0.717, 1.165) is 31.5 Å². The number of halogens is 1. The summed E-state index contributed by atoms with van der Waals surface area (Å²) in [7, 11) is 0. The Morgan fingerprint density at radius 3 is 2.45 bits per heavy atom. The minimum atomic E-state index is -0.209. The SMILES string of the molecule is CCCCN(C/C(C)=c1\c(=O)n(-c2ccccc2Cl)[nH]\c1=C\C(C)=O)Cc1ccc(C)cc1. The smallest absolute Gasteiger partial charge is 0.279 e. The van der Waals surface area contributed by atoms with Gasteiger partial charge in [-0.3, -0.25) is 19.6 Å². The highest BCUT2D eigenvalue weighted by molar-refractivity contribution is 6.32. The molecule has 1 heterocycles. The number of unbranched alkanes of at least 4 members (excludes halogenated alkanes) is 1. The van der Waals surface area contributed by atoms with Crippen LogP contribution in [-0.4, -0.2) is 33.6 Å². The third-order valence-corrected chi connectivity index (χ3v) is 5.92. The van der Waals surface area contributed by atoms with E-state index in [0.29, 0.717) is 27.8 Å². The number of carbonyl (C=O) groups is 1. The van der Waals surface area contributed by atoms with Crippen molar-refractivity contribution in [3.8, 4) is 5.69 Å². The first-order valence-corrected chi connectivity index (χ1v) is 11.7. The predicted molar refractivity (Wildman–Crippen MR) is 136 cm³/mol. The normalized spacial score (nSPS) is 13.0. The largest absolute Gasteiger partial charge is 0.295 e. The number of H-pyrrole nitrogens is 1. The average molecular weight is 466 g/mol. The van der Waals surface area contributed by atoms with Crippen LogP contribution in [0, 0.1) is 6.92 Å². The summed E-state index contributed by atoms with van der Waals surface area (Å²) in [4.78, 5) is 27.7. The molecule has 3 rings (SSSR count). The fourth-order valence-corrected chi connectivity index (χ4v) is 4.16. The van der Waals surface area contributed by atoms with E-state index in [-0.39, 0.29) is 11.3 Å². The number of para-hydroxylation sites is 1. The van der Waals surface area contributed by atoms with Gasteiger partial charge in [-0.05, 0) is 57.0 Å². The van der Waals surface area contributed by atoms with E-state index >= 15 is 0 Å². The molecule has 0 aliphatic heterocycles. The molecule has 0 amide bonds. The average Bonchev–Trinajstić information content (AvgIpc) is 3.08. The lowest BCUT2D eigenvalue weighted by Gasteiger charge is -2.22. The topological polar surface area (TPSA) is 58.1 Å². The molecular weight excluding hydrogens is 434 g/mol. The molecule has 2 aromatic carbocycles. The van der Waals surface area contributed by atoms with Crippen LogP contribution in [0.15, 0.2) is 53.3 Å². The van der Waals surface area contributed by atoms with Gasteiger partial charge in [0.15, 0.2) is 5.78 Å². The van der Waals surface area contributed by atoms with Gasteiger partial charge in [0.05, 0.1) is 21.3 Å². The fraction of sp³-hybridized carbons (Fsp3) is 0.333. The molecule has 174 valence electrons. The molecule has 0 unspecified atom stereocenters. The second kappa shape index (κ2) is 11.3. The van der Waals surface area contributed by atoms with Gasteiger partial charge in [0, 0.05) is 19.2 Å². The standard InChI is InChI=1S/C27H32ClN3O2/c1-5-6-15-30(18-22-13-11-19(2)12-14-22)17-20(3)26-24(16-21(4)32)29-31(27(26)33)25-10-8-7-9-23(25)28/h7-14,16,29H,5-6,15,17-18H2,1-4H3/b24-16+,26-20-. The molecule has 0 aliphatic rings. The van der Waals surface area contributed by atoms with Gasteiger partial charge in [-0.1, -0.05) is 66.9 Å². The molecule has 5 nitrogen and oxygen atoms in total. The van der Waals surface area contributed by atoms with Crippen LogP contribution in [-0.2, 0) is 11.3 Å². The summed E-state index contributed by atoms with van der Waals surface area (Å²) in [6.07, 6.45) is 3.64. The first-order valence-electron chi connectivity index (χ1n) is 11.4. The molecule has 0 radical (unpaired) electrons. The van der Waals surface area contributed by atoms with Crippen LogP contribution in [0.1, 0.15) is 44.7 Å². The molecule has 0 spiro atoms. The summed E-state index contributed by atoms with van der Waals surface area (Å²) in [5.41, 5.74) is 3.74. The minimum Gasteiger partial charge on any atom is -0.295 e. The lowest BCUT2D eigenvalue weighted by molar-refractivity contribution is -0.111. The zero-order valence-electron chi connectivity index (χ0n) is 19.8. The number of ketones is 1. The first-order chi connectivity index (χ1) is 15.8. The molecule has 1 aromatic heterocycles. The first kappa shape index (κ1) is 24.7. The van der Waals surface area contributed by atoms with Crippen LogP contribution < -0.4 is 16.1 Å². The van der Waals surface area contributed by atoms with E-state index in [4.69, 9.17) is 11.6 Å². The molecule has 33 heavy (non-hydrogen) atoms. The summed E-state index contributed by atoms with van der Waals surface area (Å²) in [5, 5.41) is 4.59. The minimum absolute atomic E-state index is 0.126. The van der Waals surface area contributed by atoms with Crippen LogP contribution in [0.5, 0.6) is 0 Å². The molecule has 0 saturated heterocycles. The highest BCUT2D eigenvalue weighted by atomic mass is 35.5. The second-order valence-corrected chi connectivity index (χ2v) is 8.98. The number of carbonyl (C=O) groups excluding carboxylic acids is 1. The second-order valence-electron chi connectivity index (χ2n) is 8.58. The molecule has 3 aromatic rings. The highest BCUT2D eigenvalue weighted by Crippen LogP contribution is 2.16. The maximum Gasteiger partial charge on any atom is 0.279 e. The summed E-state index contributed by atoms with van der Waals surface area (Å²) in [5.74, 6) is -0.126. The van der Waals surface area contributed by atoms with E-state index < -0.39 is 0 Å². The number of Topliss-reactive ketones (excluding diaryl/α,β-unsaturated/α-hetero) is 1. The van der Waals surface area contributed by atoms with Gasteiger partial charge in [-0.2, -0.15) is 0 Å². The zero-order chi connectivity index (χ0) is 24.0. The lowest BCUT2D eigenvalue weighted by Crippen LogP contribution is -2.40. The number of hydrogen-bond acceptors (Lipinski definition) is 3. The number of benzene rings is 2. The maximum absolute atomic E-state index is 13.5. The van der Waals surface area contributed by atoms with Crippen molar-refractivity contribution in [3.63, 3.8) is 0 Å². The number of aromatic amines is 1. The van der Waals surface area contributed by atoms with E-state index in [1.165, 1.54) is 28.8 Å². The van der Waals surface area contributed by atoms with Crippen molar-refractivity contribution >= 4 is 29.0 Å². The zero-order valence-corrected chi connectivity index (χ0v) is 20.6. The number of nitrogens with zero attached hydrogens (tertiary/aromatic N) is 2. The Kier molecular flexibility index (Phi) is 8.48. The van der Waals surface area contributed by atoms with E-state index in [2.05, 4.69) is 48.1 Å². The van der Waals surface area contributed by atoms with Gasteiger partial charge in [-0.15, -0.1) is 0 Å². The van der Waals surface area contributed by atoms with Gasteiger partial charge in [-0.25, -0.2) is 4.68 Å².